The van der Waals surface area contributed by atoms with Gasteiger partial charge in [0.25, 0.3) is 0 Å². The molecule has 1 aliphatic carbocycles. The fourth-order valence-electron chi connectivity index (χ4n) is 5.42. The van der Waals surface area contributed by atoms with E-state index in [9.17, 15) is 18.3 Å². The minimum Gasteiger partial charge on any atom is -0.453 e. The topological polar surface area (TPSA) is 103 Å². The van der Waals surface area contributed by atoms with Gasteiger partial charge in [-0.1, -0.05) is 0 Å². The zero-order valence-corrected chi connectivity index (χ0v) is 20.9. The number of ether oxygens (including phenoxy) is 2. The molecule has 1 N–H and O–H groups in total. The fraction of sp³-hybridized carbons (Fsp3) is 0.462. The van der Waals surface area contributed by atoms with Crippen molar-refractivity contribution in [2.75, 3.05) is 24.7 Å². The van der Waals surface area contributed by atoms with E-state index in [4.69, 9.17) is 14.6 Å². The van der Waals surface area contributed by atoms with Crippen molar-refractivity contribution < 1.29 is 27.8 Å². The average Bonchev–Trinajstić information content (AvgIpc) is 3.53. The number of benzene rings is 1. The Balaban J connectivity index is 1.18. The lowest BCUT2D eigenvalue weighted by Gasteiger charge is -2.34. The first-order valence-electron chi connectivity index (χ1n) is 13.1. The van der Waals surface area contributed by atoms with E-state index in [0.29, 0.717) is 36.2 Å². The molecular weight excluding hydrogens is 515 g/mol. The van der Waals surface area contributed by atoms with Crippen LogP contribution in [0.25, 0.3) is 10.9 Å². The molecule has 3 aromatic heterocycles. The number of pyridine rings is 1. The summed E-state index contributed by atoms with van der Waals surface area (Å²) in [4.78, 5) is 6.08. The number of aliphatic hydroxyl groups excluding tert-OH is 1. The Morgan fingerprint density at radius 1 is 1.00 bits per heavy atom. The van der Waals surface area contributed by atoms with Gasteiger partial charge >= 0.3 is 6.18 Å². The van der Waals surface area contributed by atoms with Crippen molar-refractivity contribution in [1.29, 1.82) is 0 Å². The maximum Gasteiger partial charge on any atom is 0.451 e. The Morgan fingerprint density at radius 2 is 1.82 bits per heavy atom. The normalized spacial score (nSPS) is 20.4. The summed E-state index contributed by atoms with van der Waals surface area (Å²) in [6.45, 7) is 1.55. The standard InChI is InChI=1S/C26H26F3N7O3/c27-26(28,29)25-32-31-23-24(37)34(9-10-35(23)25)17-3-4-18-19(13-17)30-8-5-20(18)39-21-14-36(16-1-2-16)33-22(21)15-6-11-38-12-7-15/h3-5,8,13-16,24,37H,1-2,6-7,9-12H2. The van der Waals surface area contributed by atoms with Crippen molar-refractivity contribution >= 4 is 16.6 Å². The second kappa shape index (κ2) is 9.19. The molecule has 2 aliphatic heterocycles. The molecule has 39 heavy (non-hydrogen) atoms. The molecule has 1 saturated heterocycles. The Morgan fingerprint density at radius 3 is 2.59 bits per heavy atom. The van der Waals surface area contributed by atoms with Gasteiger partial charge in [-0.05, 0) is 49.9 Å². The van der Waals surface area contributed by atoms with Crippen molar-refractivity contribution in [3.8, 4) is 11.5 Å². The molecule has 0 spiro atoms. The highest BCUT2D eigenvalue weighted by Gasteiger charge is 2.41. The van der Waals surface area contributed by atoms with E-state index < -0.39 is 18.2 Å². The Kier molecular flexibility index (Phi) is 5.74. The van der Waals surface area contributed by atoms with Gasteiger partial charge in [0.15, 0.2) is 17.8 Å². The van der Waals surface area contributed by atoms with Gasteiger partial charge in [-0.3, -0.25) is 9.67 Å². The number of rotatable bonds is 5. The third-order valence-electron chi connectivity index (χ3n) is 7.62. The number of aromatic nitrogens is 6. The molecule has 7 rings (SSSR count). The highest BCUT2D eigenvalue weighted by Crippen LogP contribution is 2.42. The average molecular weight is 542 g/mol. The van der Waals surface area contributed by atoms with Gasteiger partial charge in [0.1, 0.15) is 11.4 Å². The summed E-state index contributed by atoms with van der Waals surface area (Å²) in [6, 6.07) is 7.66. The second-order valence-corrected chi connectivity index (χ2v) is 10.2. The van der Waals surface area contributed by atoms with E-state index >= 15 is 0 Å². The summed E-state index contributed by atoms with van der Waals surface area (Å²) in [5.41, 5.74) is 2.18. The van der Waals surface area contributed by atoms with Gasteiger partial charge in [-0.15, -0.1) is 10.2 Å². The van der Waals surface area contributed by atoms with Crippen LogP contribution in [-0.2, 0) is 17.5 Å². The molecule has 0 amide bonds. The Labute approximate surface area is 221 Å². The van der Waals surface area contributed by atoms with Crippen LogP contribution in [0.5, 0.6) is 11.5 Å². The lowest BCUT2D eigenvalue weighted by atomic mass is 9.96. The van der Waals surface area contributed by atoms with Gasteiger partial charge < -0.3 is 24.0 Å². The third-order valence-corrected chi connectivity index (χ3v) is 7.62. The number of hydrogen-bond donors (Lipinski definition) is 1. The lowest BCUT2D eigenvalue weighted by Crippen LogP contribution is -2.39. The first-order chi connectivity index (χ1) is 18.9. The van der Waals surface area contributed by atoms with Crippen LogP contribution < -0.4 is 9.64 Å². The van der Waals surface area contributed by atoms with Crippen molar-refractivity contribution in [1.82, 2.24) is 29.5 Å². The number of fused-ring (bicyclic) bond motifs is 2. The van der Waals surface area contributed by atoms with Crippen LogP contribution in [0.4, 0.5) is 18.9 Å². The number of alkyl halides is 3. The molecule has 1 saturated carbocycles. The molecule has 5 heterocycles. The van der Waals surface area contributed by atoms with E-state index in [0.717, 1.165) is 47.1 Å². The summed E-state index contributed by atoms with van der Waals surface area (Å²) in [5.74, 6) is 0.380. The smallest absolute Gasteiger partial charge is 0.451 e. The quantitative estimate of drug-likeness (QED) is 0.392. The van der Waals surface area contributed by atoms with Gasteiger partial charge in [0, 0.05) is 49.5 Å². The van der Waals surface area contributed by atoms with Crippen LogP contribution in [0.3, 0.4) is 0 Å². The summed E-state index contributed by atoms with van der Waals surface area (Å²) in [6.07, 6.45) is 1.64. The van der Waals surface area contributed by atoms with Gasteiger partial charge in [0.05, 0.1) is 17.8 Å². The largest absolute Gasteiger partial charge is 0.453 e. The predicted molar refractivity (Wildman–Crippen MR) is 132 cm³/mol. The van der Waals surface area contributed by atoms with E-state index in [-0.39, 0.29) is 24.8 Å². The molecule has 1 aromatic carbocycles. The van der Waals surface area contributed by atoms with E-state index in [2.05, 4.69) is 15.2 Å². The number of nitrogens with zero attached hydrogens (tertiary/aromatic N) is 7. The Bertz CT molecular complexity index is 1530. The summed E-state index contributed by atoms with van der Waals surface area (Å²) in [7, 11) is 0. The molecule has 10 nitrogen and oxygen atoms in total. The first-order valence-corrected chi connectivity index (χ1v) is 13.1. The van der Waals surface area contributed by atoms with E-state index in [1.54, 1.807) is 29.3 Å². The fourth-order valence-corrected chi connectivity index (χ4v) is 5.42. The molecular formula is C26H26F3N7O3. The molecule has 1 unspecified atom stereocenters. The lowest BCUT2D eigenvalue weighted by molar-refractivity contribution is -0.147. The molecule has 4 aromatic rings. The van der Waals surface area contributed by atoms with E-state index in [1.807, 2.05) is 16.9 Å². The highest BCUT2D eigenvalue weighted by atomic mass is 19.4. The van der Waals surface area contributed by atoms with Crippen molar-refractivity contribution in [2.24, 2.45) is 0 Å². The van der Waals surface area contributed by atoms with Crippen molar-refractivity contribution in [3.05, 3.63) is 54.0 Å². The SMILES string of the molecule is OC1c2nnc(C(F)(F)F)n2CCN1c1ccc2c(Oc3cn(C4CC4)nc3C3CCOCC3)ccnc2c1. The predicted octanol–water partition coefficient (Wildman–Crippen LogP) is 4.57. The van der Waals surface area contributed by atoms with Gasteiger partial charge in [-0.2, -0.15) is 18.3 Å². The minimum atomic E-state index is -4.64. The second-order valence-electron chi connectivity index (χ2n) is 10.2. The van der Waals surface area contributed by atoms with Crippen LogP contribution >= 0.6 is 0 Å². The summed E-state index contributed by atoms with van der Waals surface area (Å²) < 4.78 is 54.7. The summed E-state index contributed by atoms with van der Waals surface area (Å²) in [5, 5.41) is 23.4. The number of halogens is 3. The Hall–Kier alpha value is -3.71. The monoisotopic (exact) mass is 541 g/mol. The maximum atomic E-state index is 13.2. The molecule has 13 heteroatoms. The van der Waals surface area contributed by atoms with E-state index in [1.165, 1.54) is 0 Å². The molecule has 2 fully saturated rings. The number of hydrogen-bond acceptors (Lipinski definition) is 8. The van der Waals surface area contributed by atoms with Crippen LogP contribution in [0.2, 0.25) is 0 Å². The summed E-state index contributed by atoms with van der Waals surface area (Å²) >= 11 is 0. The van der Waals surface area contributed by atoms with Crippen LogP contribution in [0.1, 0.15) is 61.2 Å². The van der Waals surface area contributed by atoms with Crippen LogP contribution in [0.15, 0.2) is 36.7 Å². The maximum absolute atomic E-state index is 13.2. The van der Waals surface area contributed by atoms with Crippen molar-refractivity contribution in [3.63, 3.8) is 0 Å². The van der Waals surface area contributed by atoms with Gasteiger partial charge in [-0.25, -0.2) is 0 Å². The zero-order chi connectivity index (χ0) is 26.7. The van der Waals surface area contributed by atoms with Crippen molar-refractivity contribution in [2.45, 2.75) is 56.6 Å². The zero-order valence-electron chi connectivity index (χ0n) is 20.9. The minimum absolute atomic E-state index is 0.0111. The molecule has 3 aliphatic rings. The molecule has 0 bridgehead atoms. The van der Waals surface area contributed by atoms with Crippen LogP contribution in [-0.4, -0.2) is 54.4 Å². The first kappa shape index (κ1) is 24.3. The number of aliphatic hydroxyl groups is 1. The van der Waals surface area contributed by atoms with Crippen LogP contribution in [0, 0.1) is 0 Å². The number of anilines is 1. The van der Waals surface area contributed by atoms with Gasteiger partial charge in [0.2, 0.25) is 5.82 Å². The molecule has 0 radical (unpaired) electrons. The highest BCUT2D eigenvalue weighted by molar-refractivity contribution is 5.88. The third kappa shape index (κ3) is 4.39. The molecule has 204 valence electrons. The molecule has 1 atom stereocenters.